The fraction of sp³-hybridized carbons (Fsp3) is 0.440. The standard InChI is InChI=1S/C25H31N3O4/c1-17-25(20-13-19(30-3)5-6-21(20)26(17)2)22(29)15-28-10-8-27(9-11-28)14-18-4-7-23-24(12-18)32-16-31-23/h4-7,12-13,22,29H,8-11,14-16H2,1-3H3/p+2/t22-/m0/s1. The smallest absolute Gasteiger partial charge is 0.231 e. The molecule has 1 fully saturated rings. The molecule has 2 aliphatic rings. The number of hydrogen-bond acceptors (Lipinski definition) is 4. The zero-order valence-corrected chi connectivity index (χ0v) is 19.1. The van der Waals surface area contributed by atoms with Crippen LogP contribution in [0.4, 0.5) is 0 Å². The van der Waals surface area contributed by atoms with Crippen LogP contribution < -0.4 is 24.0 Å². The van der Waals surface area contributed by atoms with Gasteiger partial charge in [0.05, 0.1) is 7.11 Å². The highest BCUT2D eigenvalue weighted by molar-refractivity contribution is 5.87. The third-order valence-corrected chi connectivity index (χ3v) is 7.12. The maximum absolute atomic E-state index is 11.2. The zero-order valence-electron chi connectivity index (χ0n) is 19.1. The van der Waals surface area contributed by atoms with Crippen molar-refractivity contribution in [2.45, 2.75) is 19.6 Å². The van der Waals surface area contributed by atoms with Crippen molar-refractivity contribution in [3.8, 4) is 17.2 Å². The fourth-order valence-electron chi connectivity index (χ4n) is 5.18. The number of benzene rings is 2. The number of ether oxygens (including phenoxy) is 3. The highest BCUT2D eigenvalue weighted by Crippen LogP contribution is 2.33. The molecule has 2 aromatic carbocycles. The molecule has 2 aliphatic heterocycles. The predicted molar refractivity (Wildman–Crippen MR) is 122 cm³/mol. The number of aliphatic hydroxyl groups is 1. The summed E-state index contributed by atoms with van der Waals surface area (Å²) in [5.74, 6) is 2.52. The first-order chi connectivity index (χ1) is 15.5. The molecular weight excluding hydrogens is 406 g/mol. The van der Waals surface area contributed by atoms with E-state index in [4.69, 9.17) is 14.2 Å². The summed E-state index contributed by atoms with van der Waals surface area (Å²) in [6, 6.07) is 12.4. The second-order valence-corrected chi connectivity index (χ2v) is 9.03. The first-order valence-electron chi connectivity index (χ1n) is 11.4. The van der Waals surface area contributed by atoms with E-state index in [1.54, 1.807) is 12.0 Å². The Morgan fingerprint density at radius 1 is 1.03 bits per heavy atom. The summed E-state index contributed by atoms with van der Waals surface area (Å²) in [5, 5.41) is 12.3. The van der Waals surface area contributed by atoms with E-state index < -0.39 is 6.10 Å². The minimum absolute atomic E-state index is 0.318. The summed E-state index contributed by atoms with van der Waals surface area (Å²) in [6.07, 6.45) is -0.490. The minimum atomic E-state index is -0.490. The van der Waals surface area contributed by atoms with E-state index in [1.807, 2.05) is 18.2 Å². The number of quaternary nitrogens is 2. The monoisotopic (exact) mass is 439 g/mol. The summed E-state index contributed by atoms with van der Waals surface area (Å²) in [5.41, 5.74) is 4.56. The Bertz CT molecular complexity index is 1120. The number of hydrogen-bond donors (Lipinski definition) is 3. The van der Waals surface area contributed by atoms with Crippen molar-refractivity contribution in [3.63, 3.8) is 0 Å². The molecule has 0 radical (unpaired) electrons. The number of fused-ring (bicyclic) bond motifs is 2. The Morgan fingerprint density at radius 3 is 2.56 bits per heavy atom. The van der Waals surface area contributed by atoms with Crippen LogP contribution in [0, 0.1) is 6.92 Å². The molecule has 1 saturated heterocycles. The van der Waals surface area contributed by atoms with Gasteiger partial charge < -0.3 is 33.7 Å². The predicted octanol–water partition coefficient (Wildman–Crippen LogP) is 0.241. The summed E-state index contributed by atoms with van der Waals surface area (Å²) >= 11 is 0. The molecule has 0 aliphatic carbocycles. The van der Waals surface area contributed by atoms with Gasteiger partial charge in [0.25, 0.3) is 0 Å². The van der Waals surface area contributed by atoms with Crippen LogP contribution in [0.1, 0.15) is 22.9 Å². The van der Waals surface area contributed by atoms with Crippen LogP contribution in [0.2, 0.25) is 0 Å². The molecule has 5 rings (SSSR count). The quantitative estimate of drug-likeness (QED) is 0.515. The SMILES string of the molecule is COc1ccc2c(c1)c([C@@H](O)C[NH+]1CC[NH+](Cc3ccc4c(c3)OCO4)CC1)c(C)n2C. The largest absolute Gasteiger partial charge is 0.497 e. The van der Waals surface area contributed by atoms with Crippen LogP contribution in [0.15, 0.2) is 36.4 Å². The number of nitrogens with one attached hydrogen (secondary N) is 2. The van der Waals surface area contributed by atoms with Gasteiger partial charge in [0.1, 0.15) is 51.1 Å². The first kappa shape index (κ1) is 21.1. The molecule has 3 N–H and O–H groups in total. The number of aryl methyl sites for hydroxylation is 1. The van der Waals surface area contributed by atoms with Crippen LogP contribution in [0.5, 0.6) is 17.2 Å². The van der Waals surface area contributed by atoms with Crippen molar-refractivity contribution in [2.75, 3.05) is 46.6 Å². The minimum Gasteiger partial charge on any atom is -0.497 e. The van der Waals surface area contributed by atoms with Crippen molar-refractivity contribution in [1.82, 2.24) is 4.57 Å². The molecular formula is C25H33N3O4+2. The van der Waals surface area contributed by atoms with Gasteiger partial charge in [-0.05, 0) is 43.3 Å². The number of rotatable bonds is 6. The molecule has 7 nitrogen and oxygen atoms in total. The molecule has 0 spiro atoms. The van der Waals surface area contributed by atoms with E-state index in [9.17, 15) is 5.11 Å². The molecule has 7 heteroatoms. The zero-order chi connectivity index (χ0) is 22.2. The lowest BCUT2D eigenvalue weighted by atomic mass is 10.0. The molecule has 170 valence electrons. The van der Waals surface area contributed by atoms with Crippen molar-refractivity contribution in [1.29, 1.82) is 0 Å². The molecule has 32 heavy (non-hydrogen) atoms. The van der Waals surface area contributed by atoms with Crippen LogP contribution in [-0.2, 0) is 13.6 Å². The lowest BCUT2D eigenvalue weighted by Crippen LogP contribution is -3.27. The Labute approximate surface area is 188 Å². The number of methoxy groups -OCH3 is 1. The van der Waals surface area contributed by atoms with Crippen LogP contribution in [0.25, 0.3) is 10.9 Å². The Kier molecular flexibility index (Phi) is 5.71. The van der Waals surface area contributed by atoms with Gasteiger partial charge in [0, 0.05) is 34.8 Å². The van der Waals surface area contributed by atoms with Crippen molar-refractivity contribution in [2.24, 2.45) is 7.05 Å². The Balaban J connectivity index is 1.22. The van der Waals surface area contributed by atoms with Crippen LogP contribution in [0.3, 0.4) is 0 Å². The van der Waals surface area contributed by atoms with E-state index in [2.05, 4.69) is 36.7 Å². The van der Waals surface area contributed by atoms with Gasteiger partial charge in [-0.15, -0.1) is 0 Å². The maximum atomic E-state index is 11.2. The third kappa shape index (κ3) is 3.92. The fourth-order valence-corrected chi connectivity index (χ4v) is 5.18. The molecule has 1 atom stereocenters. The molecule has 0 unspecified atom stereocenters. The van der Waals surface area contributed by atoms with Gasteiger partial charge in [-0.25, -0.2) is 0 Å². The Morgan fingerprint density at radius 2 is 1.78 bits per heavy atom. The summed E-state index contributed by atoms with van der Waals surface area (Å²) < 4.78 is 18.5. The molecule has 0 amide bonds. The average molecular weight is 440 g/mol. The average Bonchev–Trinajstić information content (AvgIpc) is 3.37. The van der Waals surface area contributed by atoms with E-state index in [0.29, 0.717) is 6.79 Å². The number of nitrogens with zero attached hydrogens (tertiary/aromatic N) is 1. The van der Waals surface area contributed by atoms with Crippen LogP contribution >= 0.6 is 0 Å². The van der Waals surface area contributed by atoms with Crippen molar-refractivity contribution < 1.29 is 29.1 Å². The van der Waals surface area contributed by atoms with E-state index in [-0.39, 0.29) is 0 Å². The molecule has 0 bridgehead atoms. The summed E-state index contributed by atoms with van der Waals surface area (Å²) in [4.78, 5) is 3.04. The van der Waals surface area contributed by atoms with Crippen molar-refractivity contribution >= 4 is 10.9 Å². The number of piperazine rings is 1. The summed E-state index contributed by atoms with van der Waals surface area (Å²) in [6.45, 7) is 8.45. The number of aliphatic hydroxyl groups excluding tert-OH is 1. The normalized spacial score (nSPS) is 21.1. The second-order valence-electron chi connectivity index (χ2n) is 9.03. The highest BCUT2D eigenvalue weighted by atomic mass is 16.7. The molecule has 3 heterocycles. The van der Waals surface area contributed by atoms with Gasteiger partial charge in [0.15, 0.2) is 11.5 Å². The van der Waals surface area contributed by atoms with E-state index in [1.165, 1.54) is 10.5 Å². The molecule has 0 saturated carbocycles. The lowest BCUT2D eigenvalue weighted by molar-refractivity contribution is -1.02. The summed E-state index contributed by atoms with van der Waals surface area (Å²) in [7, 11) is 3.74. The van der Waals surface area contributed by atoms with Crippen LogP contribution in [-0.4, -0.2) is 56.3 Å². The van der Waals surface area contributed by atoms with Gasteiger partial charge in [-0.1, -0.05) is 0 Å². The van der Waals surface area contributed by atoms with E-state index in [0.717, 1.165) is 78.7 Å². The second kappa shape index (κ2) is 8.65. The van der Waals surface area contributed by atoms with Gasteiger partial charge >= 0.3 is 0 Å². The Hall–Kier alpha value is -2.74. The molecule has 1 aromatic heterocycles. The first-order valence-corrected chi connectivity index (χ1v) is 11.4. The van der Waals surface area contributed by atoms with Gasteiger partial charge in [-0.3, -0.25) is 0 Å². The van der Waals surface area contributed by atoms with Gasteiger partial charge in [0.2, 0.25) is 6.79 Å². The topological polar surface area (TPSA) is 61.7 Å². The lowest BCUT2D eigenvalue weighted by Gasteiger charge is -2.31. The molecule has 3 aromatic rings. The van der Waals surface area contributed by atoms with Crippen molar-refractivity contribution in [3.05, 3.63) is 53.2 Å². The third-order valence-electron chi connectivity index (χ3n) is 7.12. The van der Waals surface area contributed by atoms with Gasteiger partial charge in [-0.2, -0.15) is 0 Å². The number of aromatic nitrogens is 1. The highest BCUT2D eigenvalue weighted by Gasteiger charge is 2.28. The van der Waals surface area contributed by atoms with E-state index >= 15 is 0 Å². The maximum Gasteiger partial charge on any atom is 0.231 e.